The molecule has 0 aromatic heterocycles. The number of aryl methyl sites for hydroxylation is 1. The molecule has 0 atom stereocenters. The molecular weight excluding hydrogens is 208 g/mol. The lowest BCUT2D eigenvalue weighted by atomic mass is 10.1. The number of hydrogen-bond donors (Lipinski definition) is 0. The van der Waals surface area contributed by atoms with Crippen molar-refractivity contribution in [3.8, 4) is 0 Å². The molecule has 15 heavy (non-hydrogen) atoms. The van der Waals surface area contributed by atoms with Crippen LogP contribution in [0.4, 0.5) is 17.6 Å². The van der Waals surface area contributed by atoms with Crippen LogP contribution >= 0.6 is 0 Å². The first-order valence-electron chi connectivity index (χ1n) is 4.80. The minimum Gasteiger partial charge on any atom is -0.206 e. The number of rotatable bonds is 1. The van der Waals surface area contributed by atoms with Crippen LogP contribution in [0, 0.1) is 5.82 Å². The zero-order valence-corrected chi connectivity index (χ0v) is 8.95. The van der Waals surface area contributed by atoms with Gasteiger partial charge in [0.2, 0.25) is 0 Å². The van der Waals surface area contributed by atoms with Crippen LogP contribution in [0.3, 0.4) is 0 Å². The van der Waals surface area contributed by atoms with Gasteiger partial charge in [-0.05, 0) is 24.1 Å². The fourth-order valence-electron chi connectivity index (χ4n) is 1.01. The molecule has 0 amide bonds. The predicted molar refractivity (Wildman–Crippen MR) is 52.1 cm³/mol. The molecule has 0 spiro atoms. The van der Waals surface area contributed by atoms with Gasteiger partial charge in [-0.1, -0.05) is 26.8 Å². The van der Waals surface area contributed by atoms with Gasteiger partial charge in [0.05, 0.1) is 5.56 Å². The molecular formula is C11H14F4. The van der Waals surface area contributed by atoms with Gasteiger partial charge in [0.15, 0.2) is 0 Å². The second-order valence-electron chi connectivity index (χ2n) is 2.67. The molecule has 0 aliphatic carbocycles. The van der Waals surface area contributed by atoms with Gasteiger partial charge < -0.3 is 0 Å². The van der Waals surface area contributed by atoms with Gasteiger partial charge in [-0.25, -0.2) is 4.39 Å². The SMILES string of the molecule is CC.CCc1ccc(C(F)(F)F)c(F)c1. The summed E-state index contributed by atoms with van der Waals surface area (Å²) in [5.74, 6) is -1.20. The lowest BCUT2D eigenvalue weighted by Gasteiger charge is -2.08. The molecule has 0 bridgehead atoms. The highest BCUT2D eigenvalue weighted by atomic mass is 19.4. The van der Waals surface area contributed by atoms with Crippen molar-refractivity contribution in [3.05, 3.63) is 35.1 Å². The van der Waals surface area contributed by atoms with Crippen molar-refractivity contribution in [1.82, 2.24) is 0 Å². The van der Waals surface area contributed by atoms with Gasteiger partial charge in [0, 0.05) is 0 Å². The Morgan fingerprint density at radius 3 is 2.00 bits per heavy atom. The molecule has 1 aromatic rings. The van der Waals surface area contributed by atoms with Crippen LogP contribution in [-0.2, 0) is 12.6 Å². The lowest BCUT2D eigenvalue weighted by Crippen LogP contribution is -2.08. The van der Waals surface area contributed by atoms with E-state index in [1.54, 1.807) is 6.92 Å². The van der Waals surface area contributed by atoms with E-state index in [-0.39, 0.29) is 0 Å². The van der Waals surface area contributed by atoms with E-state index in [4.69, 9.17) is 0 Å². The van der Waals surface area contributed by atoms with Gasteiger partial charge in [-0.15, -0.1) is 0 Å². The van der Waals surface area contributed by atoms with E-state index in [0.717, 1.165) is 12.1 Å². The highest BCUT2D eigenvalue weighted by Crippen LogP contribution is 2.31. The van der Waals surface area contributed by atoms with Crippen LogP contribution in [0.2, 0.25) is 0 Å². The quantitative estimate of drug-likeness (QED) is 0.616. The Bertz CT molecular complexity index is 302. The summed E-state index contributed by atoms with van der Waals surface area (Å²) in [4.78, 5) is 0. The van der Waals surface area contributed by atoms with E-state index in [1.807, 2.05) is 13.8 Å². The minimum atomic E-state index is -4.60. The van der Waals surface area contributed by atoms with Crippen molar-refractivity contribution >= 4 is 0 Å². The van der Waals surface area contributed by atoms with Crippen molar-refractivity contribution in [1.29, 1.82) is 0 Å². The Kier molecular flexibility index (Phi) is 5.33. The maximum absolute atomic E-state index is 12.8. The Labute approximate surface area is 86.9 Å². The van der Waals surface area contributed by atoms with Crippen molar-refractivity contribution in [2.75, 3.05) is 0 Å². The van der Waals surface area contributed by atoms with E-state index in [2.05, 4.69) is 0 Å². The van der Waals surface area contributed by atoms with Crippen molar-refractivity contribution in [3.63, 3.8) is 0 Å². The standard InChI is InChI=1S/C9H8F4.C2H6/c1-2-6-3-4-7(8(10)5-6)9(11,12)13;1-2/h3-5H,2H2,1H3;1-2H3. The number of hydrogen-bond acceptors (Lipinski definition) is 0. The molecule has 0 N–H and O–H groups in total. The molecule has 0 saturated heterocycles. The molecule has 0 unspecified atom stereocenters. The summed E-state index contributed by atoms with van der Waals surface area (Å²) in [5.41, 5.74) is -0.643. The third-order valence-electron chi connectivity index (χ3n) is 1.75. The third-order valence-corrected chi connectivity index (χ3v) is 1.75. The molecule has 0 fully saturated rings. The van der Waals surface area contributed by atoms with Crippen molar-refractivity contribution < 1.29 is 17.6 Å². The Balaban J connectivity index is 0.000000921. The predicted octanol–water partition coefficient (Wildman–Crippen LogP) is 4.43. The van der Waals surface area contributed by atoms with Crippen LogP contribution in [-0.4, -0.2) is 0 Å². The second kappa shape index (κ2) is 5.73. The first-order valence-corrected chi connectivity index (χ1v) is 4.80. The fourth-order valence-corrected chi connectivity index (χ4v) is 1.01. The van der Waals surface area contributed by atoms with Crippen molar-refractivity contribution in [2.45, 2.75) is 33.4 Å². The second-order valence-corrected chi connectivity index (χ2v) is 2.67. The van der Waals surface area contributed by atoms with Crippen LogP contribution < -0.4 is 0 Å². The Hall–Kier alpha value is -1.06. The number of benzene rings is 1. The molecule has 86 valence electrons. The van der Waals surface area contributed by atoms with E-state index in [0.29, 0.717) is 12.0 Å². The molecule has 0 heterocycles. The smallest absolute Gasteiger partial charge is 0.206 e. The molecule has 4 heteroatoms. The molecule has 0 aliphatic rings. The van der Waals surface area contributed by atoms with Crippen LogP contribution in [0.25, 0.3) is 0 Å². The molecule has 1 rings (SSSR count). The maximum Gasteiger partial charge on any atom is 0.419 e. The van der Waals surface area contributed by atoms with Gasteiger partial charge >= 0.3 is 6.18 Å². The Morgan fingerprint density at radius 2 is 1.67 bits per heavy atom. The first-order chi connectivity index (χ1) is 6.95. The number of alkyl halides is 3. The monoisotopic (exact) mass is 222 g/mol. The summed E-state index contributed by atoms with van der Waals surface area (Å²) in [5, 5.41) is 0. The van der Waals surface area contributed by atoms with E-state index in [9.17, 15) is 17.6 Å². The van der Waals surface area contributed by atoms with Crippen molar-refractivity contribution in [2.24, 2.45) is 0 Å². The van der Waals surface area contributed by atoms with E-state index < -0.39 is 17.6 Å². The molecule has 0 aliphatic heterocycles. The average Bonchev–Trinajstić information content (AvgIpc) is 2.18. The maximum atomic E-state index is 12.8. The molecule has 0 saturated carbocycles. The van der Waals surface area contributed by atoms with Gasteiger partial charge in [-0.2, -0.15) is 13.2 Å². The summed E-state index contributed by atoms with van der Waals surface area (Å²) < 4.78 is 48.9. The summed E-state index contributed by atoms with van der Waals surface area (Å²) in [6.45, 7) is 5.75. The zero-order chi connectivity index (χ0) is 12.1. The van der Waals surface area contributed by atoms with E-state index in [1.165, 1.54) is 6.07 Å². The van der Waals surface area contributed by atoms with Gasteiger partial charge in [0.1, 0.15) is 5.82 Å². The Morgan fingerprint density at radius 1 is 1.13 bits per heavy atom. The zero-order valence-electron chi connectivity index (χ0n) is 8.95. The van der Waals surface area contributed by atoms with Gasteiger partial charge in [-0.3, -0.25) is 0 Å². The normalized spacial score (nSPS) is 10.6. The van der Waals surface area contributed by atoms with Crippen LogP contribution in [0.5, 0.6) is 0 Å². The highest BCUT2D eigenvalue weighted by molar-refractivity contribution is 5.26. The number of halogens is 4. The topological polar surface area (TPSA) is 0 Å². The molecule has 0 radical (unpaired) electrons. The summed E-state index contributed by atoms with van der Waals surface area (Å²) in [7, 11) is 0. The summed E-state index contributed by atoms with van der Waals surface area (Å²) >= 11 is 0. The average molecular weight is 222 g/mol. The minimum absolute atomic E-state index is 0.523. The van der Waals surface area contributed by atoms with Crippen LogP contribution in [0.15, 0.2) is 18.2 Å². The highest BCUT2D eigenvalue weighted by Gasteiger charge is 2.33. The molecule has 0 nitrogen and oxygen atoms in total. The van der Waals surface area contributed by atoms with E-state index >= 15 is 0 Å². The van der Waals surface area contributed by atoms with Crippen LogP contribution in [0.1, 0.15) is 31.9 Å². The van der Waals surface area contributed by atoms with Gasteiger partial charge in [0.25, 0.3) is 0 Å². The summed E-state index contributed by atoms with van der Waals surface area (Å²) in [6.07, 6.45) is -4.08. The molecule has 1 aromatic carbocycles. The lowest BCUT2D eigenvalue weighted by molar-refractivity contribution is -0.140. The summed E-state index contributed by atoms with van der Waals surface area (Å²) in [6, 6.07) is 2.98. The fraction of sp³-hybridized carbons (Fsp3) is 0.455. The largest absolute Gasteiger partial charge is 0.419 e. The third kappa shape index (κ3) is 3.90. The first kappa shape index (κ1) is 13.9.